The van der Waals surface area contributed by atoms with Crippen LogP contribution in [0.1, 0.15) is 15.4 Å². The Labute approximate surface area is 110 Å². The lowest BCUT2D eigenvalue weighted by atomic mass is 10.2. The fraction of sp³-hybridized carbons (Fsp3) is 0.0909. The van der Waals surface area contributed by atoms with Crippen molar-refractivity contribution in [3.8, 4) is 0 Å². The molecule has 3 aromatic rings. The maximum atomic E-state index is 12.7. The lowest BCUT2D eigenvalue weighted by molar-refractivity contribution is 0.0950. The first-order valence-corrected chi connectivity index (χ1v) is 6.23. The molecule has 0 aliphatic rings. The molecule has 1 amide bonds. The van der Waals surface area contributed by atoms with Crippen molar-refractivity contribution < 1.29 is 9.18 Å². The van der Waals surface area contributed by atoms with E-state index < -0.39 is 0 Å². The molecule has 0 unspecified atom stereocenters. The minimum atomic E-state index is -0.370. The summed E-state index contributed by atoms with van der Waals surface area (Å²) in [6.45, 7) is 0.296. The van der Waals surface area contributed by atoms with E-state index in [1.54, 1.807) is 4.52 Å². The van der Waals surface area contributed by atoms with Crippen molar-refractivity contribution in [1.29, 1.82) is 0 Å². The van der Waals surface area contributed by atoms with Crippen LogP contribution >= 0.6 is 11.3 Å². The van der Waals surface area contributed by atoms with E-state index in [1.165, 1.54) is 41.9 Å². The van der Waals surface area contributed by atoms with Gasteiger partial charge in [0.05, 0.1) is 6.54 Å². The Bertz CT molecular complexity index is 692. The Morgan fingerprint density at radius 1 is 1.37 bits per heavy atom. The van der Waals surface area contributed by atoms with E-state index in [9.17, 15) is 9.18 Å². The van der Waals surface area contributed by atoms with Crippen LogP contribution in [0, 0.1) is 5.82 Å². The molecule has 3 rings (SSSR count). The molecule has 0 aliphatic heterocycles. The van der Waals surface area contributed by atoms with Gasteiger partial charge in [0.25, 0.3) is 5.91 Å². The molecule has 0 fully saturated rings. The zero-order valence-electron chi connectivity index (χ0n) is 9.58. The van der Waals surface area contributed by atoms with Gasteiger partial charge in [0, 0.05) is 5.56 Å². The van der Waals surface area contributed by atoms with Gasteiger partial charge in [-0.2, -0.15) is 9.61 Å². The number of rotatable bonds is 3. The number of amides is 1. The highest BCUT2D eigenvalue weighted by Crippen LogP contribution is 2.11. The average molecular weight is 277 g/mol. The van der Waals surface area contributed by atoms with E-state index in [0.717, 1.165) is 5.01 Å². The molecule has 0 saturated carbocycles. The van der Waals surface area contributed by atoms with Crippen LogP contribution in [0.2, 0.25) is 0 Å². The second-order valence-electron chi connectivity index (χ2n) is 3.74. The maximum absolute atomic E-state index is 12.7. The monoisotopic (exact) mass is 277 g/mol. The molecule has 0 saturated heterocycles. The first-order valence-electron chi connectivity index (χ1n) is 5.42. The van der Waals surface area contributed by atoms with Crippen molar-refractivity contribution in [3.05, 3.63) is 47.0 Å². The highest BCUT2D eigenvalue weighted by molar-refractivity contribution is 7.16. The lowest BCUT2D eigenvalue weighted by Crippen LogP contribution is -2.22. The van der Waals surface area contributed by atoms with Crippen LogP contribution in [-0.2, 0) is 6.54 Å². The first-order chi connectivity index (χ1) is 9.22. The zero-order valence-corrected chi connectivity index (χ0v) is 10.4. The Balaban J connectivity index is 1.67. The molecular formula is C11H8FN5OS. The summed E-state index contributed by atoms with van der Waals surface area (Å²) in [5.41, 5.74) is 0.407. The predicted molar refractivity (Wildman–Crippen MR) is 66.2 cm³/mol. The van der Waals surface area contributed by atoms with Crippen molar-refractivity contribution >= 4 is 22.2 Å². The highest BCUT2D eigenvalue weighted by Gasteiger charge is 2.08. The van der Waals surface area contributed by atoms with Crippen molar-refractivity contribution in [1.82, 2.24) is 25.1 Å². The maximum Gasteiger partial charge on any atom is 0.251 e. The Kier molecular flexibility index (Phi) is 2.92. The standard InChI is InChI=1S/C11H8FN5OS/c12-8-3-1-7(2-4-8)10(18)13-5-9-16-17-6-14-15-11(17)19-9/h1-4,6H,5H2,(H,13,18). The third-order valence-corrected chi connectivity index (χ3v) is 3.35. The number of carbonyl (C=O) groups excluding carboxylic acids is 1. The molecule has 1 N–H and O–H groups in total. The topological polar surface area (TPSA) is 72.2 Å². The number of aromatic nitrogens is 4. The van der Waals surface area contributed by atoms with Crippen LogP contribution in [0.15, 0.2) is 30.6 Å². The third-order valence-electron chi connectivity index (χ3n) is 2.44. The van der Waals surface area contributed by atoms with Gasteiger partial charge in [-0.05, 0) is 24.3 Å². The van der Waals surface area contributed by atoms with Crippen molar-refractivity contribution in [2.45, 2.75) is 6.54 Å². The van der Waals surface area contributed by atoms with Gasteiger partial charge in [0.1, 0.15) is 17.2 Å². The first kappa shape index (κ1) is 11.7. The van der Waals surface area contributed by atoms with Crippen molar-refractivity contribution in [2.24, 2.45) is 0 Å². The van der Waals surface area contributed by atoms with Crippen LogP contribution in [0.5, 0.6) is 0 Å². The van der Waals surface area contributed by atoms with Gasteiger partial charge in [0.2, 0.25) is 4.96 Å². The van der Waals surface area contributed by atoms with Crippen LogP contribution in [0.4, 0.5) is 4.39 Å². The number of halogens is 1. The van der Waals surface area contributed by atoms with E-state index in [2.05, 4.69) is 20.6 Å². The number of fused-ring (bicyclic) bond motifs is 1. The van der Waals surface area contributed by atoms with E-state index in [-0.39, 0.29) is 11.7 Å². The second-order valence-corrected chi connectivity index (χ2v) is 4.78. The minimum Gasteiger partial charge on any atom is -0.345 e. The van der Waals surface area contributed by atoms with Crippen molar-refractivity contribution in [2.75, 3.05) is 0 Å². The van der Waals surface area contributed by atoms with E-state index in [4.69, 9.17) is 0 Å². The van der Waals surface area contributed by atoms with E-state index >= 15 is 0 Å². The Hall–Kier alpha value is -2.35. The fourth-order valence-electron chi connectivity index (χ4n) is 1.53. The predicted octanol–water partition coefficient (Wildman–Crippen LogP) is 1.25. The smallest absolute Gasteiger partial charge is 0.251 e. The summed E-state index contributed by atoms with van der Waals surface area (Å²) in [6, 6.07) is 5.36. The normalized spacial score (nSPS) is 10.8. The van der Waals surface area contributed by atoms with Crippen LogP contribution < -0.4 is 5.32 Å². The quantitative estimate of drug-likeness (QED) is 0.782. The molecular weight excluding hydrogens is 269 g/mol. The molecule has 6 nitrogen and oxygen atoms in total. The number of hydrogen-bond donors (Lipinski definition) is 1. The SMILES string of the molecule is O=C(NCc1nn2cnnc2s1)c1ccc(F)cc1. The average Bonchev–Trinajstić information content (AvgIpc) is 2.97. The van der Waals surface area contributed by atoms with Gasteiger partial charge >= 0.3 is 0 Å². The minimum absolute atomic E-state index is 0.272. The van der Waals surface area contributed by atoms with Gasteiger partial charge < -0.3 is 5.32 Å². The molecule has 0 aliphatic carbocycles. The van der Waals surface area contributed by atoms with Crippen LogP contribution in [0.25, 0.3) is 4.96 Å². The molecule has 0 spiro atoms. The third kappa shape index (κ3) is 2.43. The van der Waals surface area contributed by atoms with Gasteiger partial charge in [-0.3, -0.25) is 4.79 Å². The molecule has 19 heavy (non-hydrogen) atoms. The molecule has 1 aromatic carbocycles. The molecule has 0 atom stereocenters. The number of nitrogens with one attached hydrogen (secondary N) is 1. The largest absolute Gasteiger partial charge is 0.345 e. The summed E-state index contributed by atoms with van der Waals surface area (Å²) in [5.74, 6) is -0.642. The lowest BCUT2D eigenvalue weighted by Gasteiger charge is -2.02. The molecule has 96 valence electrons. The fourth-order valence-corrected chi connectivity index (χ4v) is 2.29. The van der Waals surface area contributed by atoms with Crippen LogP contribution in [0.3, 0.4) is 0 Å². The number of hydrogen-bond acceptors (Lipinski definition) is 5. The highest BCUT2D eigenvalue weighted by atomic mass is 32.1. The van der Waals surface area contributed by atoms with Crippen LogP contribution in [-0.4, -0.2) is 25.7 Å². The molecule has 0 radical (unpaired) electrons. The summed E-state index contributed by atoms with van der Waals surface area (Å²) in [5, 5.41) is 15.2. The Morgan fingerprint density at radius 2 is 2.16 bits per heavy atom. The molecule has 8 heteroatoms. The van der Waals surface area contributed by atoms with Gasteiger partial charge in [-0.25, -0.2) is 4.39 Å². The molecule has 0 bridgehead atoms. The summed E-state index contributed by atoms with van der Waals surface area (Å²) >= 11 is 1.35. The number of nitrogens with zero attached hydrogens (tertiary/aromatic N) is 4. The second kappa shape index (κ2) is 4.73. The van der Waals surface area contributed by atoms with Gasteiger partial charge in [-0.1, -0.05) is 11.3 Å². The summed E-state index contributed by atoms with van der Waals surface area (Å²) in [4.78, 5) is 12.5. The number of carbonyl (C=O) groups is 1. The van der Waals surface area contributed by atoms with Gasteiger partial charge in [0.15, 0.2) is 0 Å². The van der Waals surface area contributed by atoms with Gasteiger partial charge in [-0.15, -0.1) is 10.2 Å². The summed E-state index contributed by atoms with van der Waals surface area (Å²) < 4.78 is 14.3. The molecule has 2 aromatic heterocycles. The summed E-state index contributed by atoms with van der Waals surface area (Å²) in [7, 11) is 0. The molecule has 2 heterocycles. The number of benzene rings is 1. The van der Waals surface area contributed by atoms with E-state index in [1.807, 2.05) is 0 Å². The van der Waals surface area contributed by atoms with E-state index in [0.29, 0.717) is 17.1 Å². The summed E-state index contributed by atoms with van der Waals surface area (Å²) in [6.07, 6.45) is 1.50. The Morgan fingerprint density at radius 3 is 2.89 bits per heavy atom. The zero-order chi connectivity index (χ0) is 13.2. The van der Waals surface area contributed by atoms with Crippen molar-refractivity contribution in [3.63, 3.8) is 0 Å².